The lowest BCUT2D eigenvalue weighted by Gasteiger charge is -2.11. The molecule has 22 heavy (non-hydrogen) atoms. The molecule has 0 saturated carbocycles. The number of ether oxygens (including phenoxy) is 2. The molecule has 0 aliphatic rings. The zero-order chi connectivity index (χ0) is 16.1. The summed E-state index contributed by atoms with van der Waals surface area (Å²) in [5.74, 6) is 1.10. The summed E-state index contributed by atoms with van der Waals surface area (Å²) in [4.78, 5) is 12.4. The molecule has 1 amide bonds. The van der Waals surface area contributed by atoms with Crippen LogP contribution in [-0.4, -0.2) is 30.3 Å². The molecule has 0 aliphatic carbocycles. The molecule has 0 spiro atoms. The van der Waals surface area contributed by atoms with Gasteiger partial charge in [-0.05, 0) is 18.1 Å². The molecule has 0 bridgehead atoms. The van der Waals surface area contributed by atoms with Crippen LogP contribution < -0.4 is 14.8 Å². The molecule has 0 atom stereocenters. The van der Waals surface area contributed by atoms with Gasteiger partial charge in [0.05, 0.1) is 19.8 Å². The number of anilines is 1. The SMILES string of the molecule is COc1cccc(C(=O)Nc2nnc(CC(C)C)s2)c1OC. The summed E-state index contributed by atoms with van der Waals surface area (Å²) in [5.41, 5.74) is 0.391. The van der Waals surface area contributed by atoms with Crippen LogP contribution in [0.4, 0.5) is 5.13 Å². The number of aromatic nitrogens is 2. The van der Waals surface area contributed by atoms with Crippen molar-refractivity contribution in [1.29, 1.82) is 0 Å². The van der Waals surface area contributed by atoms with E-state index in [1.54, 1.807) is 18.2 Å². The van der Waals surface area contributed by atoms with Crippen molar-refractivity contribution in [3.63, 3.8) is 0 Å². The smallest absolute Gasteiger partial charge is 0.261 e. The van der Waals surface area contributed by atoms with E-state index in [9.17, 15) is 4.79 Å². The fraction of sp³-hybridized carbons (Fsp3) is 0.400. The quantitative estimate of drug-likeness (QED) is 0.885. The second kappa shape index (κ2) is 7.22. The van der Waals surface area contributed by atoms with Crippen LogP contribution in [0.5, 0.6) is 11.5 Å². The van der Waals surface area contributed by atoms with Gasteiger partial charge in [0.15, 0.2) is 11.5 Å². The van der Waals surface area contributed by atoms with Crippen molar-refractivity contribution in [3.8, 4) is 11.5 Å². The Morgan fingerprint density at radius 1 is 1.27 bits per heavy atom. The second-order valence-corrected chi connectivity index (χ2v) is 6.16. The van der Waals surface area contributed by atoms with Crippen molar-refractivity contribution in [2.24, 2.45) is 5.92 Å². The van der Waals surface area contributed by atoms with E-state index in [0.717, 1.165) is 11.4 Å². The first-order chi connectivity index (χ1) is 10.5. The maximum absolute atomic E-state index is 12.4. The van der Waals surface area contributed by atoms with Crippen LogP contribution in [0.15, 0.2) is 18.2 Å². The summed E-state index contributed by atoms with van der Waals surface area (Å²) in [6, 6.07) is 5.15. The summed E-state index contributed by atoms with van der Waals surface area (Å²) < 4.78 is 10.5. The predicted molar refractivity (Wildman–Crippen MR) is 86.0 cm³/mol. The number of para-hydroxylation sites is 1. The van der Waals surface area contributed by atoms with E-state index in [-0.39, 0.29) is 5.91 Å². The van der Waals surface area contributed by atoms with Crippen molar-refractivity contribution in [1.82, 2.24) is 10.2 Å². The largest absolute Gasteiger partial charge is 0.493 e. The molecule has 118 valence electrons. The Morgan fingerprint density at radius 3 is 2.68 bits per heavy atom. The van der Waals surface area contributed by atoms with Gasteiger partial charge in [0, 0.05) is 6.42 Å². The van der Waals surface area contributed by atoms with Gasteiger partial charge in [-0.2, -0.15) is 0 Å². The number of nitrogens with zero attached hydrogens (tertiary/aromatic N) is 2. The fourth-order valence-corrected chi connectivity index (χ4v) is 2.91. The zero-order valence-electron chi connectivity index (χ0n) is 13.0. The van der Waals surface area contributed by atoms with Gasteiger partial charge in [0.25, 0.3) is 5.91 Å². The van der Waals surface area contributed by atoms with E-state index in [1.165, 1.54) is 25.6 Å². The standard InChI is InChI=1S/C15H19N3O3S/c1-9(2)8-12-17-18-15(22-12)16-14(19)10-6-5-7-11(20-3)13(10)21-4/h5-7,9H,8H2,1-4H3,(H,16,18,19). The number of carbonyl (C=O) groups excluding carboxylic acids is 1. The highest BCUT2D eigenvalue weighted by molar-refractivity contribution is 7.15. The van der Waals surface area contributed by atoms with E-state index < -0.39 is 0 Å². The van der Waals surface area contributed by atoms with Crippen LogP contribution in [0, 0.1) is 5.92 Å². The maximum atomic E-state index is 12.4. The Morgan fingerprint density at radius 2 is 2.05 bits per heavy atom. The average molecular weight is 321 g/mol. The monoisotopic (exact) mass is 321 g/mol. The van der Waals surface area contributed by atoms with Gasteiger partial charge in [0.1, 0.15) is 5.01 Å². The molecular formula is C15H19N3O3S. The number of amides is 1. The van der Waals surface area contributed by atoms with E-state index in [2.05, 4.69) is 29.4 Å². The summed E-state index contributed by atoms with van der Waals surface area (Å²) in [6.45, 7) is 4.22. The molecule has 0 fully saturated rings. The van der Waals surface area contributed by atoms with Crippen molar-refractivity contribution in [2.45, 2.75) is 20.3 Å². The third-order valence-electron chi connectivity index (χ3n) is 2.92. The van der Waals surface area contributed by atoms with Gasteiger partial charge >= 0.3 is 0 Å². The molecule has 0 aliphatic heterocycles. The lowest BCUT2D eigenvalue weighted by molar-refractivity contribution is 0.102. The summed E-state index contributed by atoms with van der Waals surface area (Å²) in [6.07, 6.45) is 0.843. The molecule has 0 unspecified atom stereocenters. The minimum atomic E-state index is -0.303. The van der Waals surface area contributed by atoms with Crippen molar-refractivity contribution in [2.75, 3.05) is 19.5 Å². The van der Waals surface area contributed by atoms with E-state index in [4.69, 9.17) is 9.47 Å². The average Bonchev–Trinajstić information content (AvgIpc) is 2.92. The zero-order valence-corrected chi connectivity index (χ0v) is 13.9. The third-order valence-corrected chi connectivity index (χ3v) is 3.78. The Kier molecular flexibility index (Phi) is 5.32. The minimum Gasteiger partial charge on any atom is -0.493 e. The van der Waals surface area contributed by atoms with Crippen LogP contribution in [0.2, 0.25) is 0 Å². The van der Waals surface area contributed by atoms with Crippen LogP contribution in [-0.2, 0) is 6.42 Å². The Bertz CT molecular complexity index is 655. The number of benzene rings is 1. The number of nitrogens with one attached hydrogen (secondary N) is 1. The van der Waals surface area contributed by atoms with Gasteiger partial charge in [-0.3, -0.25) is 10.1 Å². The van der Waals surface area contributed by atoms with Crippen LogP contribution >= 0.6 is 11.3 Å². The normalized spacial score (nSPS) is 10.6. The van der Waals surface area contributed by atoms with Gasteiger partial charge in [-0.25, -0.2) is 0 Å². The van der Waals surface area contributed by atoms with E-state index >= 15 is 0 Å². The van der Waals surface area contributed by atoms with Gasteiger partial charge in [-0.15, -0.1) is 10.2 Å². The van der Waals surface area contributed by atoms with Crippen LogP contribution in [0.3, 0.4) is 0 Å². The summed E-state index contributed by atoms with van der Waals surface area (Å²) >= 11 is 1.38. The van der Waals surface area contributed by atoms with Crippen molar-refractivity contribution in [3.05, 3.63) is 28.8 Å². The Labute approximate surface area is 133 Å². The highest BCUT2D eigenvalue weighted by atomic mass is 32.1. The first-order valence-electron chi connectivity index (χ1n) is 6.89. The van der Waals surface area contributed by atoms with Crippen LogP contribution in [0.25, 0.3) is 0 Å². The molecule has 1 aromatic carbocycles. The lowest BCUT2D eigenvalue weighted by Crippen LogP contribution is -2.13. The third kappa shape index (κ3) is 3.73. The van der Waals surface area contributed by atoms with Crippen molar-refractivity contribution < 1.29 is 14.3 Å². The number of hydrogen-bond acceptors (Lipinski definition) is 6. The topological polar surface area (TPSA) is 73.3 Å². The first-order valence-corrected chi connectivity index (χ1v) is 7.71. The molecule has 2 rings (SSSR count). The number of rotatable bonds is 6. The molecule has 1 N–H and O–H groups in total. The van der Waals surface area contributed by atoms with Gasteiger partial charge < -0.3 is 9.47 Å². The minimum absolute atomic E-state index is 0.303. The molecule has 7 heteroatoms. The molecule has 0 radical (unpaired) electrons. The fourth-order valence-electron chi connectivity index (χ4n) is 1.97. The predicted octanol–water partition coefficient (Wildman–Crippen LogP) is 3.01. The maximum Gasteiger partial charge on any atom is 0.261 e. The Balaban J connectivity index is 2.17. The first kappa shape index (κ1) is 16.2. The molecule has 6 nitrogen and oxygen atoms in total. The number of carbonyl (C=O) groups is 1. The molecule has 2 aromatic rings. The Hall–Kier alpha value is -2.15. The van der Waals surface area contributed by atoms with E-state index in [1.807, 2.05) is 0 Å². The number of hydrogen-bond donors (Lipinski definition) is 1. The van der Waals surface area contributed by atoms with Crippen molar-refractivity contribution >= 4 is 22.4 Å². The van der Waals surface area contributed by atoms with Gasteiger partial charge in [-0.1, -0.05) is 31.3 Å². The highest BCUT2D eigenvalue weighted by Gasteiger charge is 2.18. The second-order valence-electron chi connectivity index (χ2n) is 5.09. The number of methoxy groups -OCH3 is 2. The molecule has 1 heterocycles. The molecule has 1 aromatic heterocycles. The van der Waals surface area contributed by atoms with Crippen LogP contribution in [0.1, 0.15) is 29.2 Å². The van der Waals surface area contributed by atoms with E-state index in [0.29, 0.717) is 28.1 Å². The molecule has 0 saturated heterocycles. The summed E-state index contributed by atoms with van der Waals surface area (Å²) in [7, 11) is 3.03. The molecular weight excluding hydrogens is 302 g/mol. The van der Waals surface area contributed by atoms with Gasteiger partial charge in [0.2, 0.25) is 5.13 Å². The highest BCUT2D eigenvalue weighted by Crippen LogP contribution is 2.31. The lowest BCUT2D eigenvalue weighted by atomic mass is 10.1. The summed E-state index contributed by atoms with van der Waals surface area (Å²) in [5, 5.41) is 12.2.